The van der Waals surface area contributed by atoms with Crippen LogP contribution in [0.2, 0.25) is 0 Å². The summed E-state index contributed by atoms with van der Waals surface area (Å²) in [6, 6.07) is 10.5. The van der Waals surface area contributed by atoms with Crippen molar-refractivity contribution in [1.82, 2.24) is 10.2 Å². The second-order valence-electron chi connectivity index (χ2n) is 4.96. The summed E-state index contributed by atoms with van der Waals surface area (Å²) in [7, 11) is 0. The molecule has 1 aromatic carbocycles. The Balaban J connectivity index is 1.76. The zero-order chi connectivity index (χ0) is 14.4. The molecule has 0 saturated carbocycles. The minimum atomic E-state index is -0.234. The lowest BCUT2D eigenvalue weighted by molar-refractivity contribution is -0.138. The second kappa shape index (κ2) is 6.89. The molecule has 2 rings (SSSR count). The fourth-order valence-corrected chi connectivity index (χ4v) is 2.38. The Morgan fingerprint density at radius 2 is 2.10 bits per heavy atom. The van der Waals surface area contributed by atoms with Crippen molar-refractivity contribution in [2.24, 2.45) is 0 Å². The minimum Gasteiger partial charge on any atom is -0.352 e. The predicted molar refractivity (Wildman–Crippen MR) is 78.1 cm³/mol. The summed E-state index contributed by atoms with van der Waals surface area (Å²) >= 11 is 0. The first kappa shape index (κ1) is 14.3. The van der Waals surface area contributed by atoms with Gasteiger partial charge in [0.25, 0.3) is 0 Å². The maximum atomic E-state index is 12.0. The van der Waals surface area contributed by atoms with Crippen molar-refractivity contribution in [3.63, 3.8) is 0 Å². The molecular weight excluding hydrogens is 252 g/mol. The molecule has 1 aliphatic rings. The molecule has 20 heavy (non-hydrogen) atoms. The van der Waals surface area contributed by atoms with Crippen LogP contribution in [0, 0.1) is 0 Å². The maximum absolute atomic E-state index is 12.0. The molecule has 1 heterocycles. The lowest BCUT2D eigenvalue weighted by Gasteiger charge is -2.41. The number of carbonyl (C=O) groups is 2. The predicted octanol–water partition coefficient (Wildman–Crippen LogP) is 1.52. The molecule has 1 aliphatic heterocycles. The van der Waals surface area contributed by atoms with Crippen LogP contribution in [0.5, 0.6) is 0 Å². The molecule has 0 spiro atoms. The van der Waals surface area contributed by atoms with E-state index in [0.29, 0.717) is 19.0 Å². The molecule has 0 radical (unpaired) electrons. The lowest BCUT2D eigenvalue weighted by atomic mass is 9.95. The zero-order valence-electron chi connectivity index (χ0n) is 11.5. The van der Waals surface area contributed by atoms with E-state index in [0.717, 1.165) is 19.4 Å². The highest BCUT2D eigenvalue weighted by Gasteiger charge is 2.31. The molecule has 1 atom stereocenters. The molecule has 1 aromatic rings. The van der Waals surface area contributed by atoms with E-state index in [1.54, 1.807) is 0 Å². The second-order valence-corrected chi connectivity index (χ2v) is 4.96. The van der Waals surface area contributed by atoms with E-state index < -0.39 is 0 Å². The topological polar surface area (TPSA) is 49.4 Å². The van der Waals surface area contributed by atoms with Gasteiger partial charge in [0.2, 0.25) is 11.8 Å². The SMILES string of the molecule is C=CC(=O)NCCC(=O)N1CCC1Cc1ccccc1. The van der Waals surface area contributed by atoms with E-state index in [9.17, 15) is 9.59 Å². The van der Waals surface area contributed by atoms with Crippen LogP contribution >= 0.6 is 0 Å². The number of carbonyl (C=O) groups excluding carboxylic acids is 2. The van der Waals surface area contributed by atoms with Crippen LogP contribution in [0.4, 0.5) is 0 Å². The van der Waals surface area contributed by atoms with Crippen LogP contribution in [-0.2, 0) is 16.0 Å². The highest BCUT2D eigenvalue weighted by molar-refractivity contribution is 5.87. The Morgan fingerprint density at radius 3 is 2.70 bits per heavy atom. The summed E-state index contributed by atoms with van der Waals surface area (Å²) < 4.78 is 0. The first-order chi connectivity index (χ1) is 9.70. The molecule has 1 fully saturated rings. The van der Waals surface area contributed by atoms with E-state index in [4.69, 9.17) is 0 Å². The molecule has 4 nitrogen and oxygen atoms in total. The number of likely N-dealkylation sites (tertiary alicyclic amines) is 1. The molecular formula is C16H20N2O2. The van der Waals surface area contributed by atoms with Crippen LogP contribution in [0.1, 0.15) is 18.4 Å². The van der Waals surface area contributed by atoms with Gasteiger partial charge in [0.05, 0.1) is 0 Å². The number of hydrogen-bond donors (Lipinski definition) is 1. The van der Waals surface area contributed by atoms with Gasteiger partial charge in [-0.3, -0.25) is 9.59 Å². The van der Waals surface area contributed by atoms with Crippen molar-refractivity contribution in [1.29, 1.82) is 0 Å². The highest BCUT2D eigenvalue weighted by atomic mass is 16.2. The third kappa shape index (κ3) is 3.70. The van der Waals surface area contributed by atoms with Gasteiger partial charge >= 0.3 is 0 Å². The monoisotopic (exact) mass is 272 g/mol. The van der Waals surface area contributed by atoms with Crippen LogP contribution in [0.3, 0.4) is 0 Å². The van der Waals surface area contributed by atoms with Crippen molar-refractivity contribution in [3.05, 3.63) is 48.6 Å². The van der Waals surface area contributed by atoms with Gasteiger partial charge in [-0.05, 0) is 24.5 Å². The van der Waals surface area contributed by atoms with E-state index in [1.165, 1.54) is 11.6 Å². The minimum absolute atomic E-state index is 0.113. The summed E-state index contributed by atoms with van der Waals surface area (Å²) in [4.78, 5) is 25.0. The van der Waals surface area contributed by atoms with Crippen molar-refractivity contribution < 1.29 is 9.59 Å². The Hall–Kier alpha value is -2.10. The summed E-state index contributed by atoms with van der Waals surface area (Å²) in [5, 5.41) is 2.63. The Bertz CT molecular complexity index is 485. The van der Waals surface area contributed by atoms with Gasteiger partial charge in [0.15, 0.2) is 0 Å². The number of hydrogen-bond acceptors (Lipinski definition) is 2. The van der Waals surface area contributed by atoms with Gasteiger partial charge in [0, 0.05) is 25.6 Å². The summed E-state index contributed by atoms with van der Waals surface area (Å²) in [5.74, 6) is -0.121. The number of nitrogens with one attached hydrogen (secondary N) is 1. The summed E-state index contributed by atoms with van der Waals surface area (Å²) in [5.41, 5.74) is 1.26. The molecule has 0 aromatic heterocycles. The zero-order valence-corrected chi connectivity index (χ0v) is 11.5. The van der Waals surface area contributed by atoms with E-state index in [1.807, 2.05) is 23.1 Å². The fourth-order valence-electron chi connectivity index (χ4n) is 2.38. The summed E-state index contributed by atoms with van der Waals surface area (Å²) in [6.07, 6.45) is 3.53. The van der Waals surface area contributed by atoms with Crippen molar-refractivity contribution in [2.75, 3.05) is 13.1 Å². The van der Waals surface area contributed by atoms with Gasteiger partial charge < -0.3 is 10.2 Å². The van der Waals surface area contributed by atoms with Gasteiger partial charge in [0.1, 0.15) is 0 Å². The van der Waals surface area contributed by atoms with Gasteiger partial charge in [-0.25, -0.2) is 0 Å². The third-order valence-electron chi connectivity index (χ3n) is 3.60. The molecule has 1 N–H and O–H groups in total. The number of amides is 2. The van der Waals surface area contributed by atoms with Gasteiger partial charge in [-0.15, -0.1) is 0 Å². The van der Waals surface area contributed by atoms with Gasteiger partial charge in [-0.1, -0.05) is 36.9 Å². The third-order valence-corrected chi connectivity index (χ3v) is 3.60. The molecule has 2 amide bonds. The average Bonchev–Trinajstić information content (AvgIpc) is 2.44. The number of rotatable bonds is 6. The molecule has 0 bridgehead atoms. The molecule has 0 aliphatic carbocycles. The largest absolute Gasteiger partial charge is 0.352 e. The molecule has 4 heteroatoms. The first-order valence-electron chi connectivity index (χ1n) is 6.94. The average molecular weight is 272 g/mol. The molecule has 106 valence electrons. The first-order valence-corrected chi connectivity index (χ1v) is 6.94. The fraction of sp³-hybridized carbons (Fsp3) is 0.375. The quantitative estimate of drug-likeness (QED) is 0.798. The maximum Gasteiger partial charge on any atom is 0.243 e. The van der Waals surface area contributed by atoms with Crippen molar-refractivity contribution in [3.8, 4) is 0 Å². The Morgan fingerprint density at radius 1 is 1.35 bits per heavy atom. The highest BCUT2D eigenvalue weighted by Crippen LogP contribution is 2.22. The van der Waals surface area contributed by atoms with Gasteiger partial charge in [-0.2, -0.15) is 0 Å². The van der Waals surface area contributed by atoms with Crippen LogP contribution < -0.4 is 5.32 Å². The Labute approximate surface area is 119 Å². The summed E-state index contributed by atoms with van der Waals surface area (Å²) in [6.45, 7) is 4.57. The van der Waals surface area contributed by atoms with Crippen LogP contribution in [0.25, 0.3) is 0 Å². The molecule has 1 saturated heterocycles. The lowest BCUT2D eigenvalue weighted by Crippen LogP contribution is -2.52. The smallest absolute Gasteiger partial charge is 0.243 e. The van der Waals surface area contributed by atoms with Crippen molar-refractivity contribution in [2.45, 2.75) is 25.3 Å². The standard InChI is InChI=1S/C16H20N2O2/c1-2-15(19)17-10-8-16(20)18-11-9-14(18)12-13-6-4-3-5-7-13/h2-7,14H,1,8-12H2,(H,17,19). The van der Waals surface area contributed by atoms with Crippen LogP contribution in [-0.4, -0.2) is 35.8 Å². The Kier molecular flexibility index (Phi) is 4.93. The van der Waals surface area contributed by atoms with E-state index in [2.05, 4.69) is 24.0 Å². The number of benzene rings is 1. The van der Waals surface area contributed by atoms with Crippen LogP contribution in [0.15, 0.2) is 43.0 Å². The normalized spacial score (nSPS) is 17.2. The number of nitrogens with zero attached hydrogens (tertiary/aromatic N) is 1. The van der Waals surface area contributed by atoms with Crippen molar-refractivity contribution >= 4 is 11.8 Å². The van der Waals surface area contributed by atoms with E-state index >= 15 is 0 Å². The molecule has 1 unspecified atom stereocenters. The van der Waals surface area contributed by atoms with E-state index in [-0.39, 0.29) is 11.8 Å².